The van der Waals surface area contributed by atoms with Crippen LogP contribution in [0.5, 0.6) is 5.75 Å². The van der Waals surface area contributed by atoms with Gasteiger partial charge in [0, 0.05) is 36.6 Å². The molecule has 0 aliphatic rings. The van der Waals surface area contributed by atoms with Gasteiger partial charge in [-0.15, -0.1) is 11.8 Å². The average Bonchev–Trinajstić information content (AvgIpc) is 2.92. The number of ether oxygens (including phenoxy) is 1. The lowest BCUT2D eigenvalue weighted by atomic mass is 10.0. The standard InChI is InChI=1S/C30H36N2O3S/c1-3-4-19-31-30(34)28(22-24-12-7-5-8-13-24)32(23-25-14-11-15-26(21-25)35-2)29(33)18-20-36-27-16-9-6-10-17-27/h5-17,21,28H,3-4,18-20,22-23H2,1-2H3,(H,31,34). The second-order valence-corrected chi connectivity index (χ2v) is 9.80. The normalized spacial score (nSPS) is 11.5. The highest BCUT2D eigenvalue weighted by atomic mass is 32.2. The molecule has 0 aliphatic carbocycles. The summed E-state index contributed by atoms with van der Waals surface area (Å²) in [6.07, 6.45) is 2.70. The molecule has 1 atom stereocenters. The Morgan fingerprint density at radius 1 is 0.944 bits per heavy atom. The molecule has 0 aromatic heterocycles. The molecule has 0 radical (unpaired) electrons. The summed E-state index contributed by atoms with van der Waals surface area (Å²) in [6.45, 7) is 3.03. The van der Waals surface area contributed by atoms with Crippen molar-refractivity contribution >= 4 is 23.6 Å². The number of carbonyl (C=O) groups excluding carboxylic acids is 2. The lowest BCUT2D eigenvalue weighted by Gasteiger charge is -2.31. The summed E-state index contributed by atoms with van der Waals surface area (Å²) in [4.78, 5) is 30.0. The quantitative estimate of drug-likeness (QED) is 0.225. The highest BCUT2D eigenvalue weighted by Crippen LogP contribution is 2.22. The van der Waals surface area contributed by atoms with E-state index in [2.05, 4.69) is 12.2 Å². The van der Waals surface area contributed by atoms with Crippen LogP contribution in [-0.2, 0) is 22.6 Å². The van der Waals surface area contributed by atoms with Crippen molar-refractivity contribution in [2.45, 2.75) is 50.1 Å². The first-order valence-corrected chi connectivity index (χ1v) is 13.5. The van der Waals surface area contributed by atoms with Crippen LogP contribution in [0.2, 0.25) is 0 Å². The number of hydrogen-bond donors (Lipinski definition) is 1. The zero-order valence-electron chi connectivity index (χ0n) is 21.2. The minimum absolute atomic E-state index is 0.0344. The van der Waals surface area contributed by atoms with E-state index in [4.69, 9.17) is 4.74 Å². The first kappa shape index (κ1) is 27.3. The van der Waals surface area contributed by atoms with Crippen molar-refractivity contribution in [1.82, 2.24) is 10.2 Å². The van der Waals surface area contributed by atoms with Gasteiger partial charge in [-0.3, -0.25) is 9.59 Å². The summed E-state index contributed by atoms with van der Waals surface area (Å²) in [6, 6.07) is 27.0. The minimum Gasteiger partial charge on any atom is -0.497 e. The summed E-state index contributed by atoms with van der Waals surface area (Å²) in [5.74, 6) is 1.23. The van der Waals surface area contributed by atoms with Crippen molar-refractivity contribution in [3.63, 3.8) is 0 Å². The van der Waals surface area contributed by atoms with Crippen LogP contribution in [0.4, 0.5) is 0 Å². The molecule has 0 spiro atoms. The fraction of sp³-hybridized carbons (Fsp3) is 0.333. The van der Waals surface area contributed by atoms with E-state index in [-0.39, 0.29) is 11.8 Å². The number of nitrogens with zero attached hydrogens (tertiary/aromatic N) is 1. The number of hydrogen-bond acceptors (Lipinski definition) is 4. The maximum atomic E-state index is 13.7. The monoisotopic (exact) mass is 504 g/mol. The molecule has 3 aromatic carbocycles. The van der Waals surface area contributed by atoms with Crippen molar-refractivity contribution in [3.05, 3.63) is 96.1 Å². The third kappa shape index (κ3) is 8.76. The second kappa shape index (κ2) is 15.0. The molecular weight excluding hydrogens is 468 g/mol. The molecule has 6 heteroatoms. The Morgan fingerprint density at radius 2 is 1.64 bits per heavy atom. The molecule has 0 aliphatic heterocycles. The number of rotatable bonds is 14. The van der Waals surface area contributed by atoms with Gasteiger partial charge < -0.3 is 15.0 Å². The Kier molecular flexibility index (Phi) is 11.4. The number of carbonyl (C=O) groups is 2. The van der Waals surface area contributed by atoms with Gasteiger partial charge in [0.15, 0.2) is 0 Å². The molecule has 0 fully saturated rings. The summed E-state index contributed by atoms with van der Waals surface area (Å²) < 4.78 is 5.39. The Hall–Kier alpha value is -3.25. The van der Waals surface area contributed by atoms with E-state index in [1.54, 1.807) is 23.8 Å². The van der Waals surface area contributed by atoms with Crippen molar-refractivity contribution < 1.29 is 14.3 Å². The predicted molar refractivity (Wildman–Crippen MR) is 147 cm³/mol. The van der Waals surface area contributed by atoms with Crippen molar-refractivity contribution in [1.29, 1.82) is 0 Å². The van der Waals surface area contributed by atoms with Crippen LogP contribution in [0.25, 0.3) is 0 Å². The first-order valence-electron chi connectivity index (χ1n) is 12.5. The van der Waals surface area contributed by atoms with Crippen molar-refractivity contribution in [2.24, 2.45) is 0 Å². The van der Waals surface area contributed by atoms with Crippen molar-refractivity contribution in [3.8, 4) is 5.75 Å². The van der Waals surface area contributed by atoms with E-state index in [1.165, 1.54) is 0 Å². The molecule has 2 amide bonds. The first-order chi connectivity index (χ1) is 17.6. The topological polar surface area (TPSA) is 58.6 Å². The molecule has 36 heavy (non-hydrogen) atoms. The lowest BCUT2D eigenvalue weighted by Crippen LogP contribution is -2.50. The summed E-state index contributed by atoms with van der Waals surface area (Å²) in [5.41, 5.74) is 1.95. The fourth-order valence-corrected chi connectivity index (χ4v) is 4.81. The van der Waals surface area contributed by atoms with Crippen LogP contribution in [0.15, 0.2) is 89.8 Å². The number of nitrogens with one attached hydrogen (secondary N) is 1. The maximum absolute atomic E-state index is 13.7. The largest absolute Gasteiger partial charge is 0.497 e. The van der Waals surface area contributed by atoms with Gasteiger partial charge >= 0.3 is 0 Å². The van der Waals surface area contributed by atoms with Crippen molar-refractivity contribution in [2.75, 3.05) is 19.4 Å². The summed E-state index contributed by atoms with van der Waals surface area (Å²) in [7, 11) is 1.63. The minimum atomic E-state index is -0.607. The van der Waals surface area contributed by atoms with Gasteiger partial charge in [0.25, 0.3) is 0 Å². The molecule has 1 N–H and O–H groups in total. The third-order valence-corrected chi connectivity index (χ3v) is 6.93. The van der Waals surface area contributed by atoms with Gasteiger partial charge in [0.2, 0.25) is 11.8 Å². The van der Waals surface area contributed by atoms with Crippen LogP contribution < -0.4 is 10.1 Å². The Labute approximate surface area is 219 Å². The third-order valence-electron chi connectivity index (χ3n) is 5.92. The lowest BCUT2D eigenvalue weighted by molar-refractivity contribution is -0.141. The van der Waals surface area contributed by atoms with Crippen LogP contribution in [0.1, 0.15) is 37.3 Å². The molecule has 3 rings (SSSR count). The number of unbranched alkanes of at least 4 members (excludes halogenated alkanes) is 1. The number of amides is 2. The van der Waals surface area contributed by atoms with E-state index < -0.39 is 6.04 Å². The Bertz CT molecular complexity index is 1080. The Morgan fingerprint density at radius 3 is 2.33 bits per heavy atom. The van der Waals surface area contributed by atoms with Crippen LogP contribution in [-0.4, -0.2) is 42.2 Å². The van der Waals surface area contributed by atoms with E-state index >= 15 is 0 Å². The maximum Gasteiger partial charge on any atom is 0.243 e. The molecule has 0 saturated heterocycles. The molecule has 1 unspecified atom stereocenters. The Balaban J connectivity index is 1.84. The van der Waals surface area contributed by atoms with E-state index in [0.29, 0.717) is 31.7 Å². The molecule has 0 bridgehead atoms. The fourth-order valence-electron chi connectivity index (χ4n) is 3.94. The van der Waals surface area contributed by atoms with E-state index in [0.717, 1.165) is 34.6 Å². The molecular formula is C30H36N2O3S. The van der Waals surface area contributed by atoms with E-state index in [1.807, 2.05) is 84.9 Å². The highest BCUT2D eigenvalue weighted by molar-refractivity contribution is 7.99. The zero-order valence-corrected chi connectivity index (χ0v) is 22.0. The molecule has 5 nitrogen and oxygen atoms in total. The molecule has 0 saturated carbocycles. The second-order valence-electron chi connectivity index (χ2n) is 8.63. The number of benzene rings is 3. The van der Waals surface area contributed by atoms with Crippen LogP contribution >= 0.6 is 11.8 Å². The smallest absolute Gasteiger partial charge is 0.243 e. The van der Waals surface area contributed by atoms with Gasteiger partial charge in [-0.1, -0.05) is 74.0 Å². The van der Waals surface area contributed by atoms with Crippen LogP contribution in [0, 0.1) is 0 Å². The zero-order chi connectivity index (χ0) is 25.6. The highest BCUT2D eigenvalue weighted by Gasteiger charge is 2.30. The number of thioether (sulfide) groups is 1. The van der Waals surface area contributed by atoms with Gasteiger partial charge in [-0.25, -0.2) is 0 Å². The van der Waals surface area contributed by atoms with Gasteiger partial charge in [-0.2, -0.15) is 0 Å². The number of methoxy groups -OCH3 is 1. The predicted octanol–water partition coefficient (Wildman–Crippen LogP) is 5.73. The molecule has 3 aromatic rings. The van der Waals surface area contributed by atoms with Crippen LogP contribution in [0.3, 0.4) is 0 Å². The SMILES string of the molecule is CCCCNC(=O)C(Cc1ccccc1)N(Cc1cccc(OC)c1)C(=O)CCSc1ccccc1. The van der Waals surface area contributed by atoms with Gasteiger partial charge in [0.1, 0.15) is 11.8 Å². The van der Waals surface area contributed by atoms with Gasteiger partial charge in [0.05, 0.1) is 7.11 Å². The summed E-state index contributed by atoms with van der Waals surface area (Å²) in [5, 5.41) is 3.07. The average molecular weight is 505 g/mol. The molecule has 0 heterocycles. The van der Waals surface area contributed by atoms with E-state index in [9.17, 15) is 9.59 Å². The molecule has 190 valence electrons. The van der Waals surface area contributed by atoms with Gasteiger partial charge in [-0.05, 0) is 41.8 Å². The summed E-state index contributed by atoms with van der Waals surface area (Å²) >= 11 is 1.65.